The minimum absolute atomic E-state index is 0.218. The van der Waals surface area contributed by atoms with Gasteiger partial charge in [0, 0.05) is 22.8 Å². The Hall–Kier alpha value is -4.20. The Balaban J connectivity index is 1.57. The third-order valence-corrected chi connectivity index (χ3v) is 4.54. The van der Waals surface area contributed by atoms with Gasteiger partial charge in [-0.1, -0.05) is 23.4 Å². The number of hydrogen-bond acceptors (Lipinski definition) is 6. The molecule has 4 aromatic rings. The molecular formula is C23H18FN3O4. The summed E-state index contributed by atoms with van der Waals surface area (Å²) >= 11 is 0. The molecule has 1 aromatic heterocycles. The van der Waals surface area contributed by atoms with Gasteiger partial charge in [0.05, 0.1) is 19.9 Å². The maximum Gasteiger partial charge on any atom is 0.258 e. The summed E-state index contributed by atoms with van der Waals surface area (Å²) in [5.74, 6) is 0.831. The number of aromatic nitrogens is 2. The lowest BCUT2D eigenvalue weighted by atomic mass is 10.1. The smallest absolute Gasteiger partial charge is 0.258 e. The van der Waals surface area contributed by atoms with E-state index in [2.05, 4.69) is 15.5 Å². The van der Waals surface area contributed by atoms with E-state index in [1.54, 1.807) is 61.7 Å². The van der Waals surface area contributed by atoms with E-state index in [0.717, 1.165) is 0 Å². The van der Waals surface area contributed by atoms with Crippen LogP contribution in [0.4, 0.5) is 10.1 Å². The average molecular weight is 419 g/mol. The summed E-state index contributed by atoms with van der Waals surface area (Å²) in [5, 5.41) is 6.72. The second-order valence-electron chi connectivity index (χ2n) is 6.53. The summed E-state index contributed by atoms with van der Waals surface area (Å²) in [4.78, 5) is 17.1. The molecule has 1 N–H and O–H groups in total. The Labute approximate surface area is 177 Å². The monoisotopic (exact) mass is 419 g/mol. The fraction of sp³-hybridized carbons (Fsp3) is 0.0870. The third-order valence-electron chi connectivity index (χ3n) is 4.54. The van der Waals surface area contributed by atoms with Crippen molar-refractivity contribution >= 4 is 11.6 Å². The number of benzene rings is 3. The van der Waals surface area contributed by atoms with Crippen molar-refractivity contribution in [3.05, 3.63) is 78.1 Å². The van der Waals surface area contributed by atoms with Crippen LogP contribution in [0.15, 0.2) is 71.3 Å². The van der Waals surface area contributed by atoms with Gasteiger partial charge in [-0.2, -0.15) is 4.98 Å². The number of halogens is 1. The highest BCUT2D eigenvalue weighted by atomic mass is 19.1. The van der Waals surface area contributed by atoms with Gasteiger partial charge >= 0.3 is 0 Å². The molecule has 0 spiro atoms. The minimum Gasteiger partial charge on any atom is -0.497 e. The summed E-state index contributed by atoms with van der Waals surface area (Å²) in [6, 6.07) is 17.8. The Morgan fingerprint density at radius 1 is 0.968 bits per heavy atom. The van der Waals surface area contributed by atoms with Gasteiger partial charge in [0.2, 0.25) is 5.82 Å². The molecule has 1 heterocycles. The highest BCUT2D eigenvalue weighted by molar-refractivity contribution is 6.05. The van der Waals surface area contributed by atoms with Crippen LogP contribution in [0.1, 0.15) is 10.4 Å². The maximum absolute atomic E-state index is 13.5. The van der Waals surface area contributed by atoms with Crippen molar-refractivity contribution in [2.24, 2.45) is 0 Å². The number of nitrogens with zero attached hydrogens (tertiary/aromatic N) is 2. The summed E-state index contributed by atoms with van der Waals surface area (Å²) in [6.45, 7) is 0. The second-order valence-corrected chi connectivity index (χ2v) is 6.53. The fourth-order valence-electron chi connectivity index (χ4n) is 2.98. The van der Waals surface area contributed by atoms with Crippen molar-refractivity contribution in [1.82, 2.24) is 10.1 Å². The molecular weight excluding hydrogens is 401 g/mol. The van der Waals surface area contributed by atoms with Gasteiger partial charge < -0.3 is 19.3 Å². The Kier molecular flexibility index (Phi) is 5.61. The van der Waals surface area contributed by atoms with E-state index in [1.807, 2.05) is 0 Å². The van der Waals surface area contributed by atoms with Crippen LogP contribution in [0.5, 0.6) is 11.5 Å². The van der Waals surface area contributed by atoms with Gasteiger partial charge in [-0.15, -0.1) is 0 Å². The standard InChI is InChI=1S/C23H18FN3O4/c1-29-18-9-10-19(20(13-18)30-2)25-22(28)15-6-3-7-16(11-15)23-26-21(27-31-23)14-5-4-8-17(24)12-14/h3-13H,1-2H3,(H,25,28). The molecule has 3 aromatic carbocycles. The van der Waals surface area contributed by atoms with Crippen molar-refractivity contribution < 1.29 is 23.2 Å². The predicted octanol–water partition coefficient (Wildman–Crippen LogP) is 4.81. The van der Waals surface area contributed by atoms with Crippen LogP contribution in [0.2, 0.25) is 0 Å². The highest BCUT2D eigenvalue weighted by Gasteiger charge is 2.15. The first-order valence-corrected chi connectivity index (χ1v) is 9.31. The van der Waals surface area contributed by atoms with Crippen LogP contribution in [0.25, 0.3) is 22.8 Å². The molecule has 0 aliphatic carbocycles. The molecule has 0 fully saturated rings. The zero-order valence-corrected chi connectivity index (χ0v) is 16.8. The summed E-state index contributed by atoms with van der Waals surface area (Å²) in [6.07, 6.45) is 0. The summed E-state index contributed by atoms with van der Waals surface area (Å²) in [7, 11) is 3.06. The number of ether oxygens (including phenoxy) is 2. The summed E-state index contributed by atoms with van der Waals surface area (Å²) in [5.41, 5.74) is 1.95. The van der Waals surface area contributed by atoms with E-state index in [4.69, 9.17) is 14.0 Å². The van der Waals surface area contributed by atoms with Crippen LogP contribution in [0.3, 0.4) is 0 Å². The maximum atomic E-state index is 13.5. The molecule has 4 rings (SSSR count). The Morgan fingerprint density at radius 2 is 1.77 bits per heavy atom. The minimum atomic E-state index is -0.392. The van der Waals surface area contributed by atoms with Crippen LogP contribution in [-0.2, 0) is 0 Å². The SMILES string of the molecule is COc1ccc(NC(=O)c2cccc(-c3nc(-c4cccc(F)c4)no3)c2)c(OC)c1. The van der Waals surface area contributed by atoms with Gasteiger partial charge in [0.1, 0.15) is 17.3 Å². The molecule has 0 unspecified atom stereocenters. The van der Waals surface area contributed by atoms with E-state index in [1.165, 1.54) is 19.2 Å². The highest BCUT2D eigenvalue weighted by Crippen LogP contribution is 2.30. The molecule has 156 valence electrons. The van der Waals surface area contributed by atoms with Crippen LogP contribution in [0, 0.1) is 5.82 Å². The molecule has 31 heavy (non-hydrogen) atoms. The van der Waals surface area contributed by atoms with Crippen molar-refractivity contribution in [1.29, 1.82) is 0 Å². The van der Waals surface area contributed by atoms with Gasteiger partial charge in [-0.25, -0.2) is 4.39 Å². The topological polar surface area (TPSA) is 86.5 Å². The second kappa shape index (κ2) is 8.66. The van der Waals surface area contributed by atoms with Crippen molar-refractivity contribution in [2.75, 3.05) is 19.5 Å². The number of rotatable bonds is 6. The van der Waals surface area contributed by atoms with Gasteiger partial charge in [-0.3, -0.25) is 4.79 Å². The van der Waals surface area contributed by atoms with E-state index in [-0.39, 0.29) is 17.6 Å². The fourth-order valence-corrected chi connectivity index (χ4v) is 2.98. The van der Waals surface area contributed by atoms with Crippen molar-refractivity contribution in [3.63, 3.8) is 0 Å². The number of amides is 1. The lowest BCUT2D eigenvalue weighted by molar-refractivity contribution is 0.102. The molecule has 1 amide bonds. The van der Waals surface area contributed by atoms with Crippen molar-refractivity contribution in [3.8, 4) is 34.3 Å². The number of nitrogens with one attached hydrogen (secondary N) is 1. The Morgan fingerprint density at radius 3 is 2.55 bits per heavy atom. The molecule has 0 bridgehead atoms. The number of methoxy groups -OCH3 is 2. The zero-order chi connectivity index (χ0) is 21.8. The molecule has 0 aliphatic rings. The van der Waals surface area contributed by atoms with E-state index >= 15 is 0 Å². The molecule has 0 aliphatic heterocycles. The lowest BCUT2D eigenvalue weighted by Crippen LogP contribution is -2.12. The first-order chi connectivity index (χ1) is 15.1. The Bertz CT molecular complexity index is 1240. The van der Waals surface area contributed by atoms with Crippen LogP contribution < -0.4 is 14.8 Å². The van der Waals surface area contributed by atoms with Crippen LogP contribution in [-0.4, -0.2) is 30.3 Å². The van der Waals surface area contributed by atoms with Gasteiger partial charge in [0.25, 0.3) is 11.8 Å². The number of carbonyl (C=O) groups is 1. The predicted molar refractivity (Wildman–Crippen MR) is 113 cm³/mol. The quantitative estimate of drug-likeness (QED) is 0.483. The third kappa shape index (κ3) is 4.37. The van der Waals surface area contributed by atoms with Gasteiger partial charge in [-0.05, 0) is 42.5 Å². The zero-order valence-electron chi connectivity index (χ0n) is 16.8. The van der Waals surface area contributed by atoms with Gasteiger partial charge in [0.15, 0.2) is 0 Å². The van der Waals surface area contributed by atoms with E-state index in [9.17, 15) is 9.18 Å². The number of hydrogen-bond donors (Lipinski definition) is 1. The van der Waals surface area contributed by atoms with Crippen molar-refractivity contribution in [2.45, 2.75) is 0 Å². The lowest BCUT2D eigenvalue weighted by Gasteiger charge is -2.11. The molecule has 7 nitrogen and oxygen atoms in total. The molecule has 0 saturated carbocycles. The molecule has 0 atom stereocenters. The molecule has 8 heteroatoms. The molecule has 0 saturated heterocycles. The molecule has 0 radical (unpaired) electrons. The van der Waals surface area contributed by atoms with E-state index in [0.29, 0.717) is 33.9 Å². The van der Waals surface area contributed by atoms with E-state index < -0.39 is 5.82 Å². The largest absolute Gasteiger partial charge is 0.497 e. The van der Waals surface area contributed by atoms with Crippen LogP contribution >= 0.6 is 0 Å². The normalized spacial score (nSPS) is 10.5. The average Bonchev–Trinajstić information content (AvgIpc) is 3.30. The number of carbonyl (C=O) groups excluding carboxylic acids is 1. The first-order valence-electron chi connectivity index (χ1n) is 9.31. The summed E-state index contributed by atoms with van der Waals surface area (Å²) < 4.78 is 29.2. The number of anilines is 1. The first kappa shape index (κ1) is 20.1.